The van der Waals surface area contributed by atoms with Crippen molar-refractivity contribution in [1.82, 2.24) is 10.2 Å². The fraction of sp³-hybridized carbons (Fsp3) is 0. The van der Waals surface area contributed by atoms with Crippen LogP contribution in [0.1, 0.15) is 10.4 Å². The van der Waals surface area contributed by atoms with E-state index in [-0.39, 0.29) is 0 Å². The van der Waals surface area contributed by atoms with Crippen LogP contribution in [0.2, 0.25) is 5.02 Å². The maximum absolute atomic E-state index is 10.7. The standard InChI is InChI=1S/C11H7ClN2O/c12-11-9(7-15)2-1-3-10(11)8-4-5-13-14-6-8/h1-7H. The van der Waals surface area contributed by atoms with Crippen molar-refractivity contribution in [3.8, 4) is 11.1 Å². The lowest BCUT2D eigenvalue weighted by atomic mass is 10.1. The number of carbonyl (C=O) groups is 1. The van der Waals surface area contributed by atoms with Crippen molar-refractivity contribution in [1.29, 1.82) is 0 Å². The number of carbonyl (C=O) groups excluding carboxylic acids is 1. The molecule has 2 rings (SSSR count). The van der Waals surface area contributed by atoms with E-state index in [2.05, 4.69) is 10.2 Å². The van der Waals surface area contributed by atoms with Crippen LogP contribution in [0.4, 0.5) is 0 Å². The van der Waals surface area contributed by atoms with Crippen molar-refractivity contribution >= 4 is 17.9 Å². The Kier molecular flexibility index (Phi) is 2.74. The molecule has 0 saturated heterocycles. The Morgan fingerprint density at radius 2 is 2.07 bits per heavy atom. The molecule has 4 heteroatoms. The molecule has 0 aliphatic rings. The molecule has 1 aromatic carbocycles. The van der Waals surface area contributed by atoms with Crippen LogP contribution in [0.3, 0.4) is 0 Å². The van der Waals surface area contributed by atoms with Crippen LogP contribution >= 0.6 is 11.6 Å². The van der Waals surface area contributed by atoms with Gasteiger partial charge in [0, 0.05) is 16.7 Å². The number of aldehydes is 1. The third-order valence-electron chi connectivity index (χ3n) is 2.05. The summed E-state index contributed by atoms with van der Waals surface area (Å²) in [4.78, 5) is 10.7. The molecule has 0 radical (unpaired) electrons. The second kappa shape index (κ2) is 4.19. The molecule has 0 aliphatic carbocycles. The molecule has 0 atom stereocenters. The average Bonchev–Trinajstić information content (AvgIpc) is 2.30. The zero-order chi connectivity index (χ0) is 10.7. The maximum Gasteiger partial charge on any atom is 0.151 e. The molecule has 15 heavy (non-hydrogen) atoms. The van der Waals surface area contributed by atoms with Crippen molar-refractivity contribution in [3.05, 3.63) is 47.2 Å². The third-order valence-corrected chi connectivity index (χ3v) is 2.47. The lowest BCUT2D eigenvalue weighted by Crippen LogP contribution is -1.87. The Balaban J connectivity index is 2.59. The fourth-order valence-corrected chi connectivity index (χ4v) is 1.59. The van der Waals surface area contributed by atoms with Crippen molar-refractivity contribution in [2.24, 2.45) is 0 Å². The van der Waals surface area contributed by atoms with Crippen molar-refractivity contribution in [3.63, 3.8) is 0 Å². The minimum absolute atomic E-state index is 0.445. The molecule has 0 aliphatic heterocycles. The largest absolute Gasteiger partial charge is 0.298 e. The second-order valence-electron chi connectivity index (χ2n) is 2.96. The average molecular weight is 219 g/mol. The predicted octanol–water partition coefficient (Wildman–Crippen LogP) is 2.61. The summed E-state index contributed by atoms with van der Waals surface area (Å²) in [5, 5.41) is 7.89. The summed E-state index contributed by atoms with van der Waals surface area (Å²) in [6, 6.07) is 7.09. The summed E-state index contributed by atoms with van der Waals surface area (Å²) in [7, 11) is 0. The zero-order valence-electron chi connectivity index (χ0n) is 7.72. The summed E-state index contributed by atoms with van der Waals surface area (Å²) in [6.07, 6.45) is 3.93. The van der Waals surface area contributed by atoms with Gasteiger partial charge in [0.25, 0.3) is 0 Å². The number of benzene rings is 1. The number of hydrogen-bond donors (Lipinski definition) is 0. The summed E-state index contributed by atoms with van der Waals surface area (Å²) < 4.78 is 0. The van der Waals surface area contributed by atoms with Crippen LogP contribution in [-0.2, 0) is 0 Å². The fourth-order valence-electron chi connectivity index (χ4n) is 1.31. The van der Waals surface area contributed by atoms with E-state index in [9.17, 15) is 4.79 Å². The van der Waals surface area contributed by atoms with Gasteiger partial charge in [-0.3, -0.25) is 4.79 Å². The molecular weight excluding hydrogens is 212 g/mol. The van der Waals surface area contributed by atoms with Crippen molar-refractivity contribution < 1.29 is 4.79 Å². The highest BCUT2D eigenvalue weighted by Gasteiger charge is 2.06. The summed E-state index contributed by atoms with van der Waals surface area (Å²) in [6.45, 7) is 0. The minimum atomic E-state index is 0.445. The molecule has 1 aromatic heterocycles. The SMILES string of the molecule is O=Cc1cccc(-c2ccnnc2)c1Cl. The normalized spacial score (nSPS) is 9.93. The van der Waals surface area contributed by atoms with Crippen molar-refractivity contribution in [2.45, 2.75) is 0 Å². The first-order valence-electron chi connectivity index (χ1n) is 4.33. The molecule has 74 valence electrons. The van der Waals surface area contributed by atoms with Gasteiger partial charge in [-0.15, -0.1) is 0 Å². The molecule has 0 N–H and O–H groups in total. The van der Waals surface area contributed by atoms with E-state index in [0.29, 0.717) is 10.6 Å². The highest BCUT2D eigenvalue weighted by Crippen LogP contribution is 2.28. The third kappa shape index (κ3) is 1.87. The van der Waals surface area contributed by atoms with Gasteiger partial charge < -0.3 is 0 Å². The number of hydrogen-bond acceptors (Lipinski definition) is 3. The van der Waals surface area contributed by atoms with E-state index in [1.807, 2.05) is 6.07 Å². The van der Waals surface area contributed by atoms with Gasteiger partial charge in [-0.05, 0) is 6.07 Å². The Morgan fingerprint density at radius 3 is 2.73 bits per heavy atom. The molecule has 0 saturated carbocycles. The molecule has 0 spiro atoms. The Bertz CT molecular complexity index is 485. The summed E-state index contributed by atoms with van der Waals surface area (Å²) >= 11 is 6.06. The highest BCUT2D eigenvalue weighted by molar-refractivity contribution is 6.35. The Labute approximate surface area is 91.7 Å². The zero-order valence-corrected chi connectivity index (χ0v) is 8.48. The number of aromatic nitrogens is 2. The number of rotatable bonds is 2. The van der Waals surface area contributed by atoms with Gasteiger partial charge in [0.2, 0.25) is 0 Å². The molecule has 2 aromatic rings. The quantitative estimate of drug-likeness (QED) is 0.728. The molecule has 0 fully saturated rings. The summed E-state index contributed by atoms with van der Waals surface area (Å²) in [5.41, 5.74) is 2.11. The van der Waals surface area contributed by atoms with Gasteiger partial charge in [-0.2, -0.15) is 10.2 Å². The Hall–Kier alpha value is -1.74. The van der Waals surface area contributed by atoms with E-state index in [0.717, 1.165) is 17.4 Å². The molecule has 0 amide bonds. The van der Waals surface area contributed by atoms with Crippen LogP contribution in [-0.4, -0.2) is 16.5 Å². The van der Waals surface area contributed by atoms with E-state index >= 15 is 0 Å². The lowest BCUT2D eigenvalue weighted by Gasteiger charge is -2.04. The minimum Gasteiger partial charge on any atom is -0.298 e. The predicted molar refractivity (Wildman–Crippen MR) is 57.9 cm³/mol. The van der Waals surface area contributed by atoms with Gasteiger partial charge in [0.1, 0.15) is 0 Å². The summed E-state index contributed by atoms with van der Waals surface area (Å²) in [5.74, 6) is 0. The van der Waals surface area contributed by atoms with E-state index in [1.165, 1.54) is 0 Å². The van der Waals surface area contributed by atoms with E-state index in [4.69, 9.17) is 11.6 Å². The first-order chi connectivity index (χ1) is 7.33. The molecule has 1 heterocycles. The van der Waals surface area contributed by atoms with Crippen molar-refractivity contribution in [2.75, 3.05) is 0 Å². The molecule has 0 unspecified atom stereocenters. The first-order valence-corrected chi connectivity index (χ1v) is 4.71. The topological polar surface area (TPSA) is 42.9 Å². The van der Waals surface area contributed by atoms with E-state index < -0.39 is 0 Å². The maximum atomic E-state index is 10.7. The van der Waals surface area contributed by atoms with Gasteiger partial charge in [-0.1, -0.05) is 29.8 Å². The molecule has 3 nitrogen and oxygen atoms in total. The highest BCUT2D eigenvalue weighted by atomic mass is 35.5. The van der Waals surface area contributed by atoms with Crippen LogP contribution < -0.4 is 0 Å². The van der Waals surface area contributed by atoms with Gasteiger partial charge >= 0.3 is 0 Å². The van der Waals surface area contributed by atoms with Gasteiger partial charge in [0.15, 0.2) is 6.29 Å². The van der Waals surface area contributed by atoms with Crippen LogP contribution in [0.5, 0.6) is 0 Å². The Morgan fingerprint density at radius 1 is 1.20 bits per heavy atom. The second-order valence-corrected chi connectivity index (χ2v) is 3.34. The number of nitrogens with zero attached hydrogens (tertiary/aromatic N) is 2. The van der Waals surface area contributed by atoms with Gasteiger partial charge in [-0.25, -0.2) is 0 Å². The number of halogens is 1. The van der Waals surface area contributed by atoms with Crippen LogP contribution in [0.25, 0.3) is 11.1 Å². The van der Waals surface area contributed by atoms with Crippen LogP contribution in [0, 0.1) is 0 Å². The van der Waals surface area contributed by atoms with Crippen LogP contribution in [0.15, 0.2) is 36.7 Å². The van der Waals surface area contributed by atoms with Gasteiger partial charge in [0.05, 0.1) is 17.4 Å². The monoisotopic (exact) mass is 218 g/mol. The first kappa shape index (κ1) is 9.80. The van der Waals surface area contributed by atoms with E-state index in [1.54, 1.807) is 30.6 Å². The molecule has 0 bridgehead atoms. The smallest absolute Gasteiger partial charge is 0.151 e. The lowest BCUT2D eigenvalue weighted by molar-refractivity contribution is 0.112. The molecular formula is C11H7ClN2O.